The van der Waals surface area contributed by atoms with Crippen molar-refractivity contribution in [3.05, 3.63) is 36.5 Å². The molecule has 0 aromatic rings. The van der Waals surface area contributed by atoms with Crippen molar-refractivity contribution in [2.24, 2.45) is 5.41 Å². The Morgan fingerprint density at radius 1 is 1.70 bits per heavy atom. The van der Waals surface area contributed by atoms with E-state index in [4.69, 9.17) is 0 Å². The Kier molecular flexibility index (Phi) is 1.80. The summed E-state index contributed by atoms with van der Waals surface area (Å²) in [5, 5.41) is 0. The minimum Gasteiger partial charge on any atom is -0.102 e. The van der Waals surface area contributed by atoms with Gasteiger partial charge in [-0.1, -0.05) is 36.8 Å². The molecule has 1 aliphatic rings. The molecule has 0 nitrogen and oxygen atoms in total. The average Bonchev–Trinajstić information content (AvgIpc) is 1.88. The monoisotopic (exact) mass is 134 g/mol. The Balaban J connectivity index is 2.86. The van der Waals surface area contributed by atoms with Crippen LogP contribution < -0.4 is 0 Å². The third-order valence-electron chi connectivity index (χ3n) is 1.96. The average molecular weight is 134 g/mol. The van der Waals surface area contributed by atoms with Crippen LogP contribution in [0.15, 0.2) is 36.5 Å². The maximum absolute atomic E-state index is 3.81. The Morgan fingerprint density at radius 2 is 2.40 bits per heavy atom. The molecule has 1 aliphatic carbocycles. The first-order chi connectivity index (χ1) is 4.66. The Labute approximate surface area is 62.9 Å². The van der Waals surface area contributed by atoms with Crippen molar-refractivity contribution in [3.8, 4) is 0 Å². The van der Waals surface area contributed by atoms with E-state index >= 15 is 0 Å². The summed E-state index contributed by atoms with van der Waals surface area (Å²) in [6.45, 7) is 8.14. The highest BCUT2D eigenvalue weighted by molar-refractivity contribution is 5.27. The van der Waals surface area contributed by atoms with Gasteiger partial charge in [0.1, 0.15) is 0 Å². The molecule has 0 radical (unpaired) electrons. The van der Waals surface area contributed by atoms with Crippen LogP contribution in [-0.2, 0) is 0 Å². The quantitative estimate of drug-likeness (QED) is 0.483. The molecule has 0 aromatic heterocycles. The molecule has 1 unspecified atom stereocenters. The van der Waals surface area contributed by atoms with Crippen LogP contribution in [0.25, 0.3) is 0 Å². The van der Waals surface area contributed by atoms with E-state index in [-0.39, 0.29) is 5.41 Å². The molecule has 1 rings (SSSR count). The van der Waals surface area contributed by atoms with E-state index in [1.54, 1.807) is 0 Å². The normalized spacial score (nSPS) is 31.6. The number of rotatable bonds is 1. The second-order valence-corrected chi connectivity index (χ2v) is 3.20. The smallest absolute Gasteiger partial charge is 0.00702 e. The molecule has 0 saturated carbocycles. The lowest BCUT2D eigenvalue weighted by molar-refractivity contribution is 0.553. The molecule has 0 heteroatoms. The summed E-state index contributed by atoms with van der Waals surface area (Å²) in [4.78, 5) is 0. The van der Waals surface area contributed by atoms with Gasteiger partial charge in [-0.15, -0.1) is 6.58 Å². The summed E-state index contributed by atoms with van der Waals surface area (Å²) in [6, 6.07) is 0. The zero-order valence-electron chi connectivity index (χ0n) is 6.72. The number of hydrogen-bond donors (Lipinski definition) is 0. The lowest BCUT2D eigenvalue weighted by atomic mass is 9.82. The van der Waals surface area contributed by atoms with E-state index in [0.29, 0.717) is 0 Å². The molecule has 0 N–H and O–H groups in total. The predicted octanol–water partition coefficient (Wildman–Crippen LogP) is 3.08. The van der Waals surface area contributed by atoms with Gasteiger partial charge >= 0.3 is 0 Å². The molecule has 0 spiro atoms. The molecule has 0 saturated heterocycles. The van der Waals surface area contributed by atoms with Gasteiger partial charge in [0.05, 0.1) is 0 Å². The first kappa shape index (κ1) is 7.33. The summed E-state index contributed by atoms with van der Waals surface area (Å²) in [7, 11) is 0. The van der Waals surface area contributed by atoms with Gasteiger partial charge in [-0.05, 0) is 13.3 Å². The summed E-state index contributed by atoms with van der Waals surface area (Å²) < 4.78 is 0. The molecule has 0 amide bonds. The van der Waals surface area contributed by atoms with Crippen molar-refractivity contribution in [2.75, 3.05) is 0 Å². The van der Waals surface area contributed by atoms with Crippen molar-refractivity contribution < 1.29 is 0 Å². The summed E-state index contributed by atoms with van der Waals surface area (Å²) >= 11 is 0. The first-order valence-electron chi connectivity index (χ1n) is 3.66. The van der Waals surface area contributed by atoms with Crippen LogP contribution in [-0.4, -0.2) is 0 Å². The standard InChI is InChI=1S/C10H14/c1-4-10(3)7-5-6-9(2)8-10/h4-6,8H,1,7H2,2-3H3. The molecule has 10 heavy (non-hydrogen) atoms. The molecule has 0 aliphatic heterocycles. The number of hydrogen-bond acceptors (Lipinski definition) is 0. The van der Waals surface area contributed by atoms with E-state index in [2.05, 4.69) is 38.7 Å². The van der Waals surface area contributed by atoms with Crippen LogP contribution in [0.3, 0.4) is 0 Å². The fraction of sp³-hybridized carbons (Fsp3) is 0.400. The van der Waals surface area contributed by atoms with Crippen molar-refractivity contribution in [3.63, 3.8) is 0 Å². The molecule has 0 heterocycles. The molecule has 0 bridgehead atoms. The molecule has 0 aromatic carbocycles. The van der Waals surface area contributed by atoms with Crippen molar-refractivity contribution >= 4 is 0 Å². The van der Waals surface area contributed by atoms with Gasteiger partial charge in [0, 0.05) is 5.41 Å². The zero-order valence-corrected chi connectivity index (χ0v) is 6.72. The van der Waals surface area contributed by atoms with E-state index in [1.165, 1.54) is 5.57 Å². The maximum atomic E-state index is 3.81. The van der Waals surface area contributed by atoms with Gasteiger partial charge in [0.2, 0.25) is 0 Å². The van der Waals surface area contributed by atoms with Crippen LogP contribution in [0.1, 0.15) is 20.3 Å². The SMILES string of the molecule is C=CC1(C)C=C(C)C=CC1. The topological polar surface area (TPSA) is 0 Å². The van der Waals surface area contributed by atoms with Gasteiger partial charge in [0.25, 0.3) is 0 Å². The largest absolute Gasteiger partial charge is 0.102 e. The van der Waals surface area contributed by atoms with Crippen LogP contribution in [0.4, 0.5) is 0 Å². The molecule has 0 fully saturated rings. The highest BCUT2D eigenvalue weighted by Gasteiger charge is 2.16. The second-order valence-electron chi connectivity index (χ2n) is 3.20. The van der Waals surface area contributed by atoms with E-state index in [0.717, 1.165) is 6.42 Å². The highest BCUT2D eigenvalue weighted by atomic mass is 14.2. The molecule has 54 valence electrons. The fourth-order valence-corrected chi connectivity index (χ4v) is 1.27. The summed E-state index contributed by atoms with van der Waals surface area (Å²) in [6.07, 6.45) is 9.73. The molecular weight excluding hydrogens is 120 g/mol. The predicted molar refractivity (Wildman–Crippen MR) is 45.8 cm³/mol. The van der Waals surface area contributed by atoms with E-state index in [9.17, 15) is 0 Å². The van der Waals surface area contributed by atoms with Gasteiger partial charge < -0.3 is 0 Å². The summed E-state index contributed by atoms with van der Waals surface area (Å²) in [5.74, 6) is 0. The first-order valence-corrected chi connectivity index (χ1v) is 3.66. The highest BCUT2D eigenvalue weighted by Crippen LogP contribution is 2.30. The minimum atomic E-state index is 0.207. The van der Waals surface area contributed by atoms with E-state index < -0.39 is 0 Å². The zero-order chi connectivity index (χ0) is 7.61. The maximum Gasteiger partial charge on any atom is 0.00702 e. The Morgan fingerprint density at radius 3 is 2.80 bits per heavy atom. The number of allylic oxidation sites excluding steroid dienone is 5. The molecule has 1 atom stereocenters. The molecular formula is C10H14. The third kappa shape index (κ3) is 1.38. The van der Waals surface area contributed by atoms with Crippen molar-refractivity contribution in [1.29, 1.82) is 0 Å². The van der Waals surface area contributed by atoms with E-state index in [1.807, 2.05) is 6.08 Å². The van der Waals surface area contributed by atoms with Gasteiger partial charge in [0.15, 0.2) is 0 Å². The Bertz CT molecular complexity index is 196. The Hall–Kier alpha value is -0.780. The van der Waals surface area contributed by atoms with Gasteiger partial charge in [-0.2, -0.15) is 0 Å². The lowest BCUT2D eigenvalue weighted by Gasteiger charge is -2.23. The van der Waals surface area contributed by atoms with Crippen molar-refractivity contribution in [2.45, 2.75) is 20.3 Å². The van der Waals surface area contributed by atoms with Crippen LogP contribution in [0.2, 0.25) is 0 Å². The minimum absolute atomic E-state index is 0.207. The van der Waals surface area contributed by atoms with Crippen LogP contribution >= 0.6 is 0 Å². The van der Waals surface area contributed by atoms with Gasteiger partial charge in [-0.25, -0.2) is 0 Å². The lowest BCUT2D eigenvalue weighted by Crippen LogP contribution is -2.10. The van der Waals surface area contributed by atoms with Crippen molar-refractivity contribution in [1.82, 2.24) is 0 Å². The van der Waals surface area contributed by atoms with Crippen LogP contribution in [0, 0.1) is 5.41 Å². The third-order valence-corrected chi connectivity index (χ3v) is 1.96. The fourth-order valence-electron chi connectivity index (χ4n) is 1.27. The second kappa shape index (κ2) is 2.45. The summed E-state index contributed by atoms with van der Waals surface area (Å²) in [5.41, 5.74) is 1.55. The van der Waals surface area contributed by atoms with Crippen LogP contribution in [0.5, 0.6) is 0 Å². The van der Waals surface area contributed by atoms with Gasteiger partial charge in [-0.3, -0.25) is 0 Å².